The molecule has 0 atom stereocenters. The van der Waals surface area contributed by atoms with Crippen molar-refractivity contribution in [3.8, 4) is 0 Å². The van der Waals surface area contributed by atoms with Crippen LogP contribution in [0.3, 0.4) is 0 Å². The number of rotatable bonds is 7. The topological polar surface area (TPSA) is 145 Å². The molecule has 0 fully saturated rings. The Hall–Kier alpha value is -3.76. The van der Waals surface area contributed by atoms with Gasteiger partial charge in [-0.1, -0.05) is 6.07 Å². The van der Waals surface area contributed by atoms with Crippen LogP contribution in [0.4, 0.5) is 11.5 Å². The molecule has 0 aliphatic rings. The summed E-state index contributed by atoms with van der Waals surface area (Å²) in [4.78, 5) is 45.4. The molecule has 11 nitrogen and oxygen atoms in total. The number of nitrogens with one attached hydrogen (secondary N) is 2. The SMILES string of the molecule is Cc1cc(NC(=O)COC(=O)CNC(=O)c2cccc([N+](=O)[O-])c2)n(C)n1. The maximum Gasteiger partial charge on any atom is 0.325 e. The summed E-state index contributed by atoms with van der Waals surface area (Å²) in [7, 11) is 1.65. The quantitative estimate of drug-likeness (QED) is 0.408. The van der Waals surface area contributed by atoms with Crippen molar-refractivity contribution in [2.24, 2.45) is 7.05 Å². The Balaban J connectivity index is 1.78. The molecule has 2 N–H and O–H groups in total. The molecule has 2 rings (SSSR count). The zero-order chi connectivity index (χ0) is 20.0. The molecule has 2 amide bonds. The number of nitro benzene ring substituents is 1. The minimum atomic E-state index is -0.829. The van der Waals surface area contributed by atoms with Crippen LogP contribution in [0.25, 0.3) is 0 Å². The molecule has 27 heavy (non-hydrogen) atoms. The van der Waals surface area contributed by atoms with Crippen LogP contribution >= 0.6 is 0 Å². The maximum absolute atomic E-state index is 11.9. The lowest BCUT2D eigenvalue weighted by molar-refractivity contribution is -0.384. The molecule has 0 bridgehead atoms. The van der Waals surface area contributed by atoms with Gasteiger partial charge in [-0.05, 0) is 13.0 Å². The monoisotopic (exact) mass is 375 g/mol. The van der Waals surface area contributed by atoms with Crippen molar-refractivity contribution < 1.29 is 24.0 Å². The van der Waals surface area contributed by atoms with Gasteiger partial charge in [0.05, 0.1) is 10.6 Å². The molecule has 1 aromatic heterocycles. The number of amides is 2. The zero-order valence-electron chi connectivity index (χ0n) is 14.6. The summed E-state index contributed by atoms with van der Waals surface area (Å²) in [6.45, 7) is 0.745. The second-order valence-electron chi connectivity index (χ2n) is 5.49. The van der Waals surface area contributed by atoms with E-state index in [0.29, 0.717) is 11.5 Å². The van der Waals surface area contributed by atoms with Crippen LogP contribution in [0.2, 0.25) is 0 Å². The first kappa shape index (κ1) is 19.6. The first-order valence-electron chi connectivity index (χ1n) is 7.75. The van der Waals surface area contributed by atoms with Gasteiger partial charge in [-0.2, -0.15) is 5.10 Å². The average molecular weight is 375 g/mol. The van der Waals surface area contributed by atoms with Gasteiger partial charge in [-0.25, -0.2) is 0 Å². The van der Waals surface area contributed by atoms with Gasteiger partial charge >= 0.3 is 5.97 Å². The number of aryl methyl sites for hydroxylation is 2. The van der Waals surface area contributed by atoms with Gasteiger partial charge in [0.15, 0.2) is 6.61 Å². The molecule has 2 aromatic rings. The van der Waals surface area contributed by atoms with Crippen LogP contribution in [-0.4, -0.2) is 45.6 Å². The highest BCUT2D eigenvalue weighted by molar-refractivity contribution is 5.97. The lowest BCUT2D eigenvalue weighted by atomic mass is 10.2. The molecular weight excluding hydrogens is 358 g/mol. The first-order chi connectivity index (χ1) is 12.8. The molecule has 0 saturated carbocycles. The number of non-ortho nitro benzene ring substituents is 1. The lowest BCUT2D eigenvalue weighted by Crippen LogP contribution is -2.32. The average Bonchev–Trinajstić information content (AvgIpc) is 2.94. The number of benzene rings is 1. The third kappa shape index (κ3) is 5.63. The number of hydrogen-bond acceptors (Lipinski definition) is 7. The molecule has 0 saturated heterocycles. The molecule has 11 heteroatoms. The summed E-state index contributed by atoms with van der Waals surface area (Å²) in [6, 6.07) is 6.71. The number of ether oxygens (including phenoxy) is 1. The van der Waals surface area contributed by atoms with Gasteiger partial charge in [-0.15, -0.1) is 0 Å². The van der Waals surface area contributed by atoms with Gasteiger partial charge in [0, 0.05) is 30.8 Å². The highest BCUT2D eigenvalue weighted by Gasteiger charge is 2.14. The minimum absolute atomic E-state index is 0.0290. The van der Waals surface area contributed by atoms with E-state index < -0.39 is 35.9 Å². The van der Waals surface area contributed by atoms with E-state index >= 15 is 0 Å². The van der Waals surface area contributed by atoms with Crippen molar-refractivity contribution in [2.75, 3.05) is 18.5 Å². The minimum Gasteiger partial charge on any atom is -0.454 e. The van der Waals surface area contributed by atoms with E-state index in [0.717, 1.165) is 6.07 Å². The Morgan fingerprint density at radius 1 is 1.30 bits per heavy atom. The summed E-state index contributed by atoms with van der Waals surface area (Å²) >= 11 is 0. The molecule has 0 radical (unpaired) electrons. The van der Waals surface area contributed by atoms with Crippen LogP contribution in [0.1, 0.15) is 16.1 Å². The van der Waals surface area contributed by atoms with Gasteiger partial charge in [0.1, 0.15) is 12.4 Å². The molecular formula is C16H17N5O6. The number of carbonyl (C=O) groups is 3. The summed E-state index contributed by atoms with van der Waals surface area (Å²) < 4.78 is 6.23. The molecule has 0 spiro atoms. The highest BCUT2D eigenvalue weighted by atomic mass is 16.6. The van der Waals surface area contributed by atoms with Crippen molar-refractivity contribution in [2.45, 2.75) is 6.92 Å². The molecule has 142 valence electrons. The number of hydrogen-bond donors (Lipinski definition) is 2. The van der Waals surface area contributed by atoms with Crippen LogP contribution < -0.4 is 10.6 Å². The normalized spacial score (nSPS) is 10.1. The molecule has 0 aliphatic heterocycles. The van der Waals surface area contributed by atoms with E-state index in [1.54, 1.807) is 20.0 Å². The number of esters is 1. The zero-order valence-corrected chi connectivity index (χ0v) is 14.6. The van der Waals surface area contributed by atoms with E-state index in [2.05, 4.69) is 15.7 Å². The van der Waals surface area contributed by atoms with E-state index in [9.17, 15) is 24.5 Å². The predicted molar refractivity (Wildman–Crippen MR) is 93.0 cm³/mol. The third-order valence-electron chi connectivity index (χ3n) is 3.35. The van der Waals surface area contributed by atoms with Crippen molar-refractivity contribution >= 4 is 29.3 Å². The summed E-state index contributed by atoms with van der Waals surface area (Å²) in [5, 5.41) is 19.6. The smallest absolute Gasteiger partial charge is 0.325 e. The fourth-order valence-corrected chi connectivity index (χ4v) is 2.12. The number of nitrogens with zero attached hydrogens (tertiary/aromatic N) is 3. The molecule has 1 aromatic carbocycles. The number of aromatic nitrogens is 2. The van der Waals surface area contributed by atoms with Crippen molar-refractivity contribution in [1.82, 2.24) is 15.1 Å². The molecule has 0 unspecified atom stereocenters. The Bertz CT molecular complexity index is 891. The van der Waals surface area contributed by atoms with Crippen LogP contribution in [0.5, 0.6) is 0 Å². The van der Waals surface area contributed by atoms with E-state index in [4.69, 9.17) is 4.74 Å². The Morgan fingerprint density at radius 2 is 2.04 bits per heavy atom. The van der Waals surface area contributed by atoms with Crippen molar-refractivity contribution in [1.29, 1.82) is 0 Å². The number of nitro groups is 1. The van der Waals surface area contributed by atoms with Gasteiger partial charge in [-0.3, -0.25) is 29.2 Å². The van der Waals surface area contributed by atoms with E-state index in [-0.39, 0.29) is 11.3 Å². The molecule has 0 aliphatic carbocycles. The van der Waals surface area contributed by atoms with E-state index in [1.807, 2.05) is 0 Å². The fourth-order valence-electron chi connectivity index (χ4n) is 2.12. The Labute approximate surface area is 153 Å². The van der Waals surface area contributed by atoms with Crippen molar-refractivity contribution in [3.05, 3.63) is 51.7 Å². The van der Waals surface area contributed by atoms with Crippen LogP contribution in [0, 0.1) is 17.0 Å². The van der Waals surface area contributed by atoms with Gasteiger partial charge in [0.25, 0.3) is 17.5 Å². The summed E-state index contributed by atoms with van der Waals surface area (Å²) in [5.74, 6) is -1.61. The standard InChI is InChI=1S/C16H17N5O6/c1-10-6-13(20(2)19-10)18-14(22)9-27-15(23)8-17-16(24)11-4-3-5-12(7-11)21(25)26/h3-7H,8-9H2,1-2H3,(H,17,24)(H,18,22). The largest absolute Gasteiger partial charge is 0.454 e. The number of anilines is 1. The highest BCUT2D eigenvalue weighted by Crippen LogP contribution is 2.12. The second kappa shape index (κ2) is 8.56. The summed E-state index contributed by atoms with van der Waals surface area (Å²) in [5.41, 5.74) is 0.502. The second-order valence-corrected chi connectivity index (χ2v) is 5.49. The van der Waals surface area contributed by atoms with E-state index in [1.165, 1.54) is 22.9 Å². The lowest BCUT2D eigenvalue weighted by Gasteiger charge is -2.07. The fraction of sp³-hybridized carbons (Fsp3) is 0.250. The first-order valence-corrected chi connectivity index (χ1v) is 7.75. The summed E-state index contributed by atoms with van der Waals surface area (Å²) in [6.07, 6.45) is 0. The van der Waals surface area contributed by atoms with Crippen LogP contribution in [0.15, 0.2) is 30.3 Å². The molecule has 1 heterocycles. The Morgan fingerprint density at radius 3 is 2.67 bits per heavy atom. The predicted octanol–water partition coefficient (Wildman–Crippen LogP) is 0.548. The van der Waals surface area contributed by atoms with Crippen molar-refractivity contribution in [3.63, 3.8) is 0 Å². The van der Waals surface area contributed by atoms with Crippen LogP contribution in [-0.2, 0) is 21.4 Å². The number of carbonyl (C=O) groups excluding carboxylic acids is 3. The van der Waals surface area contributed by atoms with Gasteiger partial charge in [0.2, 0.25) is 0 Å². The third-order valence-corrected chi connectivity index (χ3v) is 3.35. The van der Waals surface area contributed by atoms with Gasteiger partial charge < -0.3 is 15.4 Å². The Kier molecular flexibility index (Phi) is 6.20. The maximum atomic E-state index is 11.9.